The van der Waals surface area contributed by atoms with Crippen LogP contribution in [0.3, 0.4) is 0 Å². The zero-order chi connectivity index (χ0) is 14.7. The standard InChI is InChI=1S/C16H24N2O3/c1-3-19-14-5-4-10-17-15(14)18(2)13-6-8-16(9-7-13)20-11-12-21-16/h4-5,10,13H,3,6-9,11-12H2,1-2H3. The Kier molecular flexibility index (Phi) is 4.31. The molecule has 3 rings (SSSR count). The highest BCUT2D eigenvalue weighted by Gasteiger charge is 2.41. The van der Waals surface area contributed by atoms with Gasteiger partial charge in [0.15, 0.2) is 17.4 Å². The maximum absolute atomic E-state index is 5.80. The quantitative estimate of drug-likeness (QED) is 0.853. The predicted octanol–water partition coefficient (Wildman–Crippen LogP) is 2.60. The van der Waals surface area contributed by atoms with Gasteiger partial charge in [-0.15, -0.1) is 0 Å². The first kappa shape index (κ1) is 14.6. The molecule has 1 aromatic heterocycles. The molecule has 116 valence electrons. The molecule has 1 saturated carbocycles. The van der Waals surface area contributed by atoms with Crippen molar-refractivity contribution in [3.63, 3.8) is 0 Å². The fourth-order valence-corrected chi connectivity index (χ4v) is 3.30. The van der Waals surface area contributed by atoms with E-state index in [-0.39, 0.29) is 5.79 Å². The molecule has 0 aromatic carbocycles. The van der Waals surface area contributed by atoms with E-state index in [2.05, 4.69) is 16.9 Å². The van der Waals surface area contributed by atoms with Crippen LogP contribution in [-0.4, -0.2) is 43.7 Å². The van der Waals surface area contributed by atoms with Crippen LogP contribution in [0.4, 0.5) is 5.82 Å². The number of rotatable bonds is 4. The molecular weight excluding hydrogens is 268 g/mol. The van der Waals surface area contributed by atoms with E-state index in [0.29, 0.717) is 12.6 Å². The maximum atomic E-state index is 5.80. The fourth-order valence-electron chi connectivity index (χ4n) is 3.30. The van der Waals surface area contributed by atoms with Crippen molar-refractivity contribution >= 4 is 5.82 Å². The predicted molar refractivity (Wildman–Crippen MR) is 80.7 cm³/mol. The molecular formula is C16H24N2O3. The molecule has 0 amide bonds. The van der Waals surface area contributed by atoms with Crippen molar-refractivity contribution in [1.29, 1.82) is 0 Å². The fraction of sp³-hybridized carbons (Fsp3) is 0.688. The summed E-state index contributed by atoms with van der Waals surface area (Å²) in [6.07, 6.45) is 5.84. The van der Waals surface area contributed by atoms with Crippen LogP contribution in [0.15, 0.2) is 18.3 Å². The van der Waals surface area contributed by atoms with Crippen molar-refractivity contribution in [2.24, 2.45) is 0 Å². The van der Waals surface area contributed by atoms with E-state index in [4.69, 9.17) is 14.2 Å². The number of aromatic nitrogens is 1. The Morgan fingerprint density at radius 3 is 2.71 bits per heavy atom. The second kappa shape index (κ2) is 6.20. The minimum atomic E-state index is -0.301. The Labute approximate surface area is 126 Å². The van der Waals surface area contributed by atoms with Gasteiger partial charge >= 0.3 is 0 Å². The van der Waals surface area contributed by atoms with Gasteiger partial charge in [-0.05, 0) is 31.9 Å². The number of pyridine rings is 1. The molecule has 5 heteroatoms. The average molecular weight is 292 g/mol. The molecule has 0 unspecified atom stereocenters. The van der Waals surface area contributed by atoms with Gasteiger partial charge in [0.25, 0.3) is 0 Å². The van der Waals surface area contributed by atoms with Crippen LogP contribution in [0.1, 0.15) is 32.6 Å². The average Bonchev–Trinajstić information content (AvgIpc) is 2.97. The van der Waals surface area contributed by atoms with E-state index in [1.807, 2.05) is 25.3 Å². The monoisotopic (exact) mass is 292 g/mol. The number of anilines is 1. The van der Waals surface area contributed by atoms with Gasteiger partial charge in [0.2, 0.25) is 0 Å². The Balaban J connectivity index is 1.67. The second-order valence-corrected chi connectivity index (χ2v) is 5.71. The molecule has 21 heavy (non-hydrogen) atoms. The summed E-state index contributed by atoms with van der Waals surface area (Å²) in [5.74, 6) is 1.48. The number of ether oxygens (including phenoxy) is 3. The summed E-state index contributed by atoms with van der Waals surface area (Å²) < 4.78 is 17.3. The third kappa shape index (κ3) is 2.99. The third-order valence-corrected chi connectivity index (χ3v) is 4.46. The maximum Gasteiger partial charge on any atom is 0.171 e. The van der Waals surface area contributed by atoms with Crippen LogP contribution >= 0.6 is 0 Å². The first-order valence-corrected chi connectivity index (χ1v) is 7.83. The Hall–Kier alpha value is -1.33. The van der Waals surface area contributed by atoms with Gasteiger partial charge in [-0.25, -0.2) is 4.98 Å². The Morgan fingerprint density at radius 1 is 1.33 bits per heavy atom. The zero-order valence-electron chi connectivity index (χ0n) is 12.9. The van der Waals surface area contributed by atoms with Crippen LogP contribution in [0.25, 0.3) is 0 Å². The van der Waals surface area contributed by atoms with E-state index >= 15 is 0 Å². The van der Waals surface area contributed by atoms with Crippen LogP contribution in [0, 0.1) is 0 Å². The molecule has 0 bridgehead atoms. The van der Waals surface area contributed by atoms with Gasteiger partial charge in [0.05, 0.1) is 19.8 Å². The summed E-state index contributed by atoms with van der Waals surface area (Å²) in [6, 6.07) is 4.35. The SMILES string of the molecule is CCOc1cccnc1N(C)C1CCC2(CC1)OCCO2. The van der Waals surface area contributed by atoms with Gasteiger partial charge < -0.3 is 19.1 Å². The Morgan fingerprint density at radius 2 is 2.05 bits per heavy atom. The van der Waals surface area contributed by atoms with Gasteiger partial charge in [-0.3, -0.25) is 0 Å². The minimum Gasteiger partial charge on any atom is -0.490 e. The van der Waals surface area contributed by atoms with E-state index in [9.17, 15) is 0 Å². The molecule has 1 aliphatic heterocycles. The van der Waals surface area contributed by atoms with Crippen LogP contribution in [0.5, 0.6) is 5.75 Å². The van der Waals surface area contributed by atoms with Crippen molar-refractivity contribution in [1.82, 2.24) is 4.98 Å². The molecule has 2 heterocycles. The molecule has 1 aromatic rings. The first-order chi connectivity index (χ1) is 10.2. The number of hydrogen-bond donors (Lipinski definition) is 0. The Bertz CT molecular complexity index is 464. The summed E-state index contributed by atoms with van der Waals surface area (Å²) >= 11 is 0. The molecule has 5 nitrogen and oxygen atoms in total. The lowest BCUT2D eigenvalue weighted by Gasteiger charge is -2.39. The van der Waals surface area contributed by atoms with Crippen LogP contribution in [0.2, 0.25) is 0 Å². The normalized spacial score (nSPS) is 21.6. The van der Waals surface area contributed by atoms with Crippen molar-refractivity contribution in [3.05, 3.63) is 18.3 Å². The lowest BCUT2D eigenvalue weighted by atomic mass is 9.89. The highest BCUT2D eigenvalue weighted by molar-refractivity contribution is 5.52. The first-order valence-electron chi connectivity index (χ1n) is 7.83. The van der Waals surface area contributed by atoms with Crippen molar-refractivity contribution in [2.45, 2.75) is 44.4 Å². The van der Waals surface area contributed by atoms with Crippen LogP contribution in [-0.2, 0) is 9.47 Å². The van der Waals surface area contributed by atoms with Gasteiger partial charge in [-0.2, -0.15) is 0 Å². The molecule has 1 aliphatic carbocycles. The summed E-state index contributed by atoms with van der Waals surface area (Å²) in [6.45, 7) is 4.11. The van der Waals surface area contributed by atoms with E-state index in [1.54, 1.807) is 0 Å². The lowest BCUT2D eigenvalue weighted by molar-refractivity contribution is -0.178. The lowest BCUT2D eigenvalue weighted by Crippen LogP contribution is -2.43. The van der Waals surface area contributed by atoms with Crippen molar-refractivity contribution < 1.29 is 14.2 Å². The summed E-state index contributed by atoms with van der Waals surface area (Å²) in [5.41, 5.74) is 0. The van der Waals surface area contributed by atoms with Crippen molar-refractivity contribution in [2.75, 3.05) is 31.8 Å². The highest BCUT2D eigenvalue weighted by atomic mass is 16.7. The van der Waals surface area contributed by atoms with Crippen LogP contribution < -0.4 is 9.64 Å². The topological polar surface area (TPSA) is 43.8 Å². The largest absolute Gasteiger partial charge is 0.490 e. The summed E-state index contributed by atoms with van der Waals surface area (Å²) in [7, 11) is 2.10. The molecule has 0 N–H and O–H groups in total. The third-order valence-electron chi connectivity index (χ3n) is 4.46. The minimum absolute atomic E-state index is 0.301. The van der Waals surface area contributed by atoms with Gasteiger partial charge in [0.1, 0.15) is 0 Å². The number of hydrogen-bond acceptors (Lipinski definition) is 5. The molecule has 0 atom stereocenters. The molecule has 2 aliphatic rings. The molecule has 0 radical (unpaired) electrons. The molecule has 2 fully saturated rings. The van der Waals surface area contributed by atoms with Crippen molar-refractivity contribution in [3.8, 4) is 5.75 Å². The van der Waals surface area contributed by atoms with E-state index in [1.165, 1.54) is 0 Å². The number of nitrogens with zero attached hydrogens (tertiary/aromatic N) is 2. The van der Waals surface area contributed by atoms with E-state index in [0.717, 1.165) is 50.5 Å². The summed E-state index contributed by atoms with van der Waals surface area (Å²) in [4.78, 5) is 6.74. The van der Waals surface area contributed by atoms with E-state index < -0.39 is 0 Å². The molecule has 1 spiro atoms. The zero-order valence-corrected chi connectivity index (χ0v) is 12.9. The highest BCUT2D eigenvalue weighted by Crippen LogP contribution is 2.38. The second-order valence-electron chi connectivity index (χ2n) is 5.71. The molecule has 1 saturated heterocycles. The summed E-state index contributed by atoms with van der Waals surface area (Å²) in [5, 5.41) is 0. The van der Waals surface area contributed by atoms with Gasteiger partial charge in [0, 0.05) is 32.1 Å². The van der Waals surface area contributed by atoms with Gasteiger partial charge in [-0.1, -0.05) is 0 Å². The smallest absolute Gasteiger partial charge is 0.171 e.